The Bertz CT molecular complexity index is 2700. The number of aromatic amines is 1. The quantitative estimate of drug-likeness (QED) is 0.0802. The molecule has 2 fully saturated rings. The Morgan fingerprint density at radius 3 is 2.53 bits per heavy atom. The van der Waals surface area contributed by atoms with Crippen LogP contribution in [-0.4, -0.2) is 83.5 Å². The van der Waals surface area contributed by atoms with Crippen LogP contribution in [0.15, 0.2) is 40.9 Å². The Balaban J connectivity index is 0.947. The normalized spacial score (nSPS) is 16.7. The number of amides is 5. The summed E-state index contributed by atoms with van der Waals surface area (Å²) in [6, 6.07) is 10.0. The van der Waals surface area contributed by atoms with Crippen LogP contribution in [0, 0.1) is 20.8 Å². The van der Waals surface area contributed by atoms with Crippen LogP contribution >= 0.6 is 0 Å². The van der Waals surface area contributed by atoms with Crippen molar-refractivity contribution < 1.29 is 28.5 Å². The number of anilines is 3. The minimum absolute atomic E-state index is 0.0271. The Morgan fingerprint density at radius 1 is 0.966 bits per heavy atom. The maximum atomic E-state index is 13.7. The molecule has 3 aliphatic rings. The second-order valence-electron chi connectivity index (χ2n) is 15.0. The van der Waals surface area contributed by atoms with Crippen LogP contribution in [0.2, 0.25) is 0 Å². The lowest BCUT2D eigenvalue weighted by molar-refractivity contribution is -0.136. The van der Waals surface area contributed by atoms with Crippen LogP contribution in [0.4, 0.5) is 17.3 Å². The first kappa shape index (κ1) is 36.7. The van der Waals surface area contributed by atoms with Gasteiger partial charge in [0.05, 0.1) is 27.9 Å². The van der Waals surface area contributed by atoms with Gasteiger partial charge in [0, 0.05) is 60.2 Å². The van der Waals surface area contributed by atoms with E-state index in [1.54, 1.807) is 18.2 Å². The molecule has 2 aliphatic heterocycles. The van der Waals surface area contributed by atoms with Crippen molar-refractivity contribution in [3.8, 4) is 11.1 Å². The lowest BCUT2D eigenvalue weighted by Gasteiger charge is -2.27. The number of carbonyl (C=O) groups excluding carboxylic acids is 5. The fourth-order valence-corrected chi connectivity index (χ4v) is 8.01. The lowest BCUT2D eigenvalue weighted by atomic mass is 9.97. The molecule has 6 aromatic rings. The van der Waals surface area contributed by atoms with Crippen LogP contribution in [0.5, 0.6) is 0 Å². The van der Waals surface area contributed by atoms with Crippen molar-refractivity contribution in [3.05, 3.63) is 76.1 Å². The highest BCUT2D eigenvalue weighted by atomic mass is 16.5. The minimum Gasteiger partial charge on any atom is -0.384 e. The Labute approximate surface area is 331 Å². The van der Waals surface area contributed by atoms with Gasteiger partial charge < -0.3 is 25.5 Å². The number of nitrogens with one attached hydrogen (secondary N) is 5. The second kappa shape index (κ2) is 14.2. The van der Waals surface area contributed by atoms with Gasteiger partial charge in [-0.2, -0.15) is 5.10 Å². The third-order valence-corrected chi connectivity index (χ3v) is 11.1. The number of H-pyrrole nitrogens is 1. The zero-order chi connectivity index (χ0) is 40.4. The molecule has 0 spiro atoms. The topological polar surface area (TPSA) is 222 Å². The van der Waals surface area contributed by atoms with Crippen LogP contribution in [0.1, 0.15) is 99.0 Å². The molecular weight excluding hydrogens is 743 g/mol. The monoisotopic (exact) mass is 783 g/mol. The molecule has 2 aromatic carbocycles. The maximum absolute atomic E-state index is 13.7. The lowest BCUT2D eigenvalue weighted by Crippen LogP contribution is -2.54. The van der Waals surface area contributed by atoms with Crippen molar-refractivity contribution in [2.45, 2.75) is 78.3 Å². The highest BCUT2D eigenvalue weighted by Gasteiger charge is 2.45. The first-order chi connectivity index (χ1) is 28.0. The van der Waals surface area contributed by atoms with E-state index in [0.29, 0.717) is 42.6 Å². The van der Waals surface area contributed by atoms with Gasteiger partial charge in [-0.15, -0.1) is 0 Å². The Morgan fingerprint density at radius 2 is 1.79 bits per heavy atom. The molecule has 1 saturated carbocycles. The zero-order valence-corrected chi connectivity index (χ0v) is 32.4. The third kappa shape index (κ3) is 6.31. The van der Waals surface area contributed by atoms with E-state index in [0.717, 1.165) is 73.7 Å². The summed E-state index contributed by atoms with van der Waals surface area (Å²) in [5, 5.41) is 22.4. The van der Waals surface area contributed by atoms with Gasteiger partial charge in [-0.25, -0.2) is 14.6 Å². The minimum atomic E-state index is -1.06. The van der Waals surface area contributed by atoms with Gasteiger partial charge in [-0.3, -0.25) is 34.2 Å². The van der Waals surface area contributed by atoms with Crippen molar-refractivity contribution in [2.24, 2.45) is 0 Å². The summed E-state index contributed by atoms with van der Waals surface area (Å²) in [5.74, 6) is -0.368. The summed E-state index contributed by atoms with van der Waals surface area (Å²) in [4.78, 5) is 78.5. The molecule has 1 aliphatic carbocycles. The van der Waals surface area contributed by atoms with Crippen LogP contribution in [0.25, 0.3) is 33.1 Å². The van der Waals surface area contributed by atoms with Crippen LogP contribution < -0.4 is 21.3 Å². The van der Waals surface area contributed by atoms with E-state index in [1.165, 1.54) is 0 Å². The summed E-state index contributed by atoms with van der Waals surface area (Å²) < 4.78 is 7.38. The third-order valence-electron chi connectivity index (χ3n) is 11.1. The number of piperidine rings is 1. The van der Waals surface area contributed by atoms with Gasteiger partial charge in [0.15, 0.2) is 0 Å². The van der Waals surface area contributed by atoms with Crippen LogP contribution in [0.3, 0.4) is 0 Å². The molecule has 58 heavy (non-hydrogen) atoms. The summed E-state index contributed by atoms with van der Waals surface area (Å²) in [7, 11) is 0. The van der Waals surface area contributed by atoms with Gasteiger partial charge >= 0.3 is 0 Å². The molecule has 5 N–H and O–H groups in total. The van der Waals surface area contributed by atoms with Gasteiger partial charge in [-0.05, 0) is 88.8 Å². The number of rotatable bonds is 12. The number of benzene rings is 2. The largest absolute Gasteiger partial charge is 0.384 e. The number of fused-ring (bicyclic) bond motifs is 4. The molecule has 6 heterocycles. The van der Waals surface area contributed by atoms with Crippen LogP contribution in [-0.2, 0) is 16.1 Å². The van der Waals surface area contributed by atoms with Gasteiger partial charge in [0.1, 0.15) is 29.1 Å². The number of hydrogen-bond donors (Lipinski definition) is 5. The van der Waals surface area contributed by atoms with E-state index in [9.17, 15) is 24.0 Å². The summed E-state index contributed by atoms with van der Waals surface area (Å²) >= 11 is 0. The number of aryl methyl sites for hydroxylation is 4. The van der Waals surface area contributed by atoms with E-state index in [4.69, 9.17) is 19.6 Å². The van der Waals surface area contributed by atoms with E-state index >= 15 is 0 Å². The average molecular weight is 784 g/mol. The summed E-state index contributed by atoms with van der Waals surface area (Å²) in [5.41, 5.74) is 6.84. The number of imide groups is 2. The Hall–Kier alpha value is -6.91. The van der Waals surface area contributed by atoms with Crippen molar-refractivity contribution in [2.75, 3.05) is 23.7 Å². The molecule has 5 amide bonds. The standard InChI is InChI=1S/C41H41N11O6/c1-5-51-30(18-27(49-51)22-10-11-22)45-36-34-25-16-19(2)24(32-20(3)50-58-21(32)4)17-28(25)44-35(34)47-37(48-36)39(55)43-15-7-14-42-26-9-6-8-23-33(26)41(57)52(40(23)56)29-12-13-31(53)46-38(29)54/h6,8-9,16-18,22,29,42H,5,7,10-15H2,1-4H3,(H,43,55)(H,46,53,54)(H2,44,45,47,48). The Kier molecular flexibility index (Phi) is 9.01. The molecular formula is C41H41N11O6. The molecule has 0 radical (unpaired) electrons. The molecule has 1 unspecified atom stereocenters. The molecule has 17 nitrogen and oxygen atoms in total. The number of nitrogens with zero attached hydrogens (tertiary/aromatic N) is 6. The predicted molar refractivity (Wildman–Crippen MR) is 213 cm³/mol. The van der Waals surface area contributed by atoms with Gasteiger partial charge in [-0.1, -0.05) is 11.2 Å². The molecule has 296 valence electrons. The molecule has 17 heteroatoms. The zero-order valence-electron chi connectivity index (χ0n) is 32.4. The number of aromatic nitrogens is 6. The van der Waals surface area contributed by atoms with Gasteiger partial charge in [0.25, 0.3) is 17.7 Å². The fraction of sp³-hybridized carbons (Fsp3) is 0.341. The summed E-state index contributed by atoms with van der Waals surface area (Å²) in [6.07, 6.45) is 2.79. The predicted octanol–water partition coefficient (Wildman–Crippen LogP) is 5.16. The SMILES string of the molecule is CCn1nc(C2CC2)cc1Nc1nc(C(=O)NCCCNc2cccc3c2C(=O)N(C2CCC(=O)NC2=O)C3=O)nc2[nH]c3cc(-c4c(C)noc4C)c(C)cc3c12. The van der Waals surface area contributed by atoms with Crippen molar-refractivity contribution in [3.63, 3.8) is 0 Å². The maximum Gasteiger partial charge on any atom is 0.289 e. The second-order valence-corrected chi connectivity index (χ2v) is 15.0. The average Bonchev–Trinajstić information content (AvgIpc) is 3.66. The fourth-order valence-electron chi connectivity index (χ4n) is 8.01. The molecule has 1 atom stereocenters. The first-order valence-electron chi connectivity index (χ1n) is 19.5. The van der Waals surface area contributed by atoms with E-state index in [1.807, 2.05) is 32.4 Å². The first-order valence-corrected chi connectivity index (χ1v) is 19.5. The van der Waals surface area contributed by atoms with E-state index in [-0.39, 0.29) is 36.3 Å². The molecule has 4 aromatic heterocycles. The molecule has 9 rings (SSSR count). The molecule has 1 saturated heterocycles. The van der Waals surface area contributed by atoms with E-state index < -0.39 is 35.6 Å². The number of carbonyl (C=O) groups is 5. The summed E-state index contributed by atoms with van der Waals surface area (Å²) in [6.45, 7) is 9.12. The number of hydrogen-bond acceptors (Lipinski definition) is 12. The van der Waals surface area contributed by atoms with Crippen molar-refractivity contribution in [1.29, 1.82) is 0 Å². The smallest absolute Gasteiger partial charge is 0.289 e. The molecule has 0 bridgehead atoms. The highest BCUT2D eigenvalue weighted by molar-refractivity contribution is 6.25. The highest BCUT2D eigenvalue weighted by Crippen LogP contribution is 2.41. The van der Waals surface area contributed by atoms with Crippen molar-refractivity contribution >= 4 is 68.8 Å². The van der Waals surface area contributed by atoms with Gasteiger partial charge in [0.2, 0.25) is 17.6 Å². The van der Waals surface area contributed by atoms with Crippen molar-refractivity contribution in [1.82, 2.24) is 45.4 Å². The van der Waals surface area contributed by atoms with E-state index in [2.05, 4.69) is 49.6 Å².